The van der Waals surface area contributed by atoms with Gasteiger partial charge in [-0.1, -0.05) is 6.07 Å². The molecule has 2 aromatic carbocycles. The van der Waals surface area contributed by atoms with Crippen molar-refractivity contribution in [2.24, 2.45) is 0 Å². The number of hydrogen-bond donors (Lipinski definition) is 0. The van der Waals surface area contributed by atoms with E-state index in [-0.39, 0.29) is 12.2 Å². The van der Waals surface area contributed by atoms with E-state index in [1.54, 1.807) is 20.1 Å². The third kappa shape index (κ3) is 5.35. The minimum atomic E-state index is -0.615. The second kappa shape index (κ2) is 9.44. The normalized spacial score (nSPS) is 10.9. The van der Waals surface area contributed by atoms with Crippen molar-refractivity contribution < 1.29 is 19.0 Å². The second-order valence-corrected chi connectivity index (χ2v) is 5.99. The first-order chi connectivity index (χ1) is 13.0. The molecule has 0 aliphatic heterocycles. The van der Waals surface area contributed by atoms with Crippen LogP contribution in [0.5, 0.6) is 11.5 Å². The molecule has 5 nitrogen and oxygen atoms in total. The molecule has 0 bridgehead atoms. The van der Waals surface area contributed by atoms with Gasteiger partial charge in [-0.2, -0.15) is 5.26 Å². The summed E-state index contributed by atoms with van der Waals surface area (Å²) in [7, 11) is 1.62. The van der Waals surface area contributed by atoms with Crippen LogP contribution >= 0.6 is 0 Å². The average molecular weight is 365 g/mol. The van der Waals surface area contributed by atoms with Crippen molar-refractivity contribution in [3.8, 4) is 17.6 Å². The molecule has 140 valence electrons. The van der Waals surface area contributed by atoms with Gasteiger partial charge in [-0.15, -0.1) is 0 Å². The van der Waals surface area contributed by atoms with E-state index in [2.05, 4.69) is 0 Å². The maximum Gasteiger partial charge on any atom is 0.348 e. The molecule has 0 heterocycles. The summed E-state index contributed by atoms with van der Waals surface area (Å²) in [6, 6.07) is 13.2. The topological polar surface area (TPSA) is 68.6 Å². The molecule has 5 heteroatoms. The quantitative estimate of drug-likeness (QED) is 0.414. The molecule has 0 aliphatic carbocycles. The summed E-state index contributed by atoms with van der Waals surface area (Å²) in [4.78, 5) is 11.9. The minimum Gasteiger partial charge on any atom is -0.497 e. The predicted octanol–water partition coefficient (Wildman–Crippen LogP) is 4.36. The molecule has 0 aromatic heterocycles. The Morgan fingerprint density at radius 1 is 1.11 bits per heavy atom. The molecule has 2 aromatic rings. The van der Waals surface area contributed by atoms with Crippen molar-refractivity contribution in [1.29, 1.82) is 5.26 Å². The molecule has 0 spiro atoms. The number of aryl methyl sites for hydroxylation is 2. The largest absolute Gasteiger partial charge is 0.497 e. The van der Waals surface area contributed by atoms with Crippen molar-refractivity contribution in [2.45, 2.75) is 27.4 Å². The Morgan fingerprint density at radius 2 is 1.78 bits per heavy atom. The summed E-state index contributed by atoms with van der Waals surface area (Å²) in [6.45, 7) is 6.25. The second-order valence-electron chi connectivity index (χ2n) is 5.99. The molecule has 0 saturated carbocycles. The third-order valence-corrected chi connectivity index (χ3v) is 4.09. The van der Waals surface area contributed by atoms with Gasteiger partial charge in [0, 0.05) is 0 Å². The molecule has 2 rings (SSSR count). The predicted molar refractivity (Wildman–Crippen MR) is 103 cm³/mol. The monoisotopic (exact) mass is 365 g/mol. The lowest BCUT2D eigenvalue weighted by atomic mass is 9.98. The summed E-state index contributed by atoms with van der Waals surface area (Å²) in [5, 5.41) is 9.24. The number of esters is 1. The molecule has 0 N–H and O–H groups in total. The molecule has 0 radical (unpaired) electrons. The fourth-order valence-electron chi connectivity index (χ4n) is 2.56. The van der Waals surface area contributed by atoms with Gasteiger partial charge in [0.2, 0.25) is 0 Å². The van der Waals surface area contributed by atoms with Gasteiger partial charge in [0.05, 0.1) is 13.7 Å². The zero-order valence-electron chi connectivity index (χ0n) is 16.0. The smallest absolute Gasteiger partial charge is 0.348 e. The lowest BCUT2D eigenvalue weighted by Crippen LogP contribution is -2.06. The number of carbonyl (C=O) groups is 1. The van der Waals surface area contributed by atoms with Crippen molar-refractivity contribution in [1.82, 2.24) is 0 Å². The van der Waals surface area contributed by atoms with Gasteiger partial charge in [0.15, 0.2) is 0 Å². The Kier molecular flexibility index (Phi) is 7.01. The van der Waals surface area contributed by atoms with Gasteiger partial charge >= 0.3 is 5.97 Å². The molecule has 0 saturated heterocycles. The van der Waals surface area contributed by atoms with Crippen LogP contribution in [0.4, 0.5) is 0 Å². The average Bonchev–Trinajstić information content (AvgIpc) is 2.67. The number of nitriles is 1. The Labute approximate surface area is 159 Å². The molecule has 0 fully saturated rings. The number of carbonyl (C=O) groups excluding carboxylic acids is 1. The number of rotatable bonds is 7. The van der Waals surface area contributed by atoms with Crippen molar-refractivity contribution in [3.63, 3.8) is 0 Å². The molecular weight excluding hydrogens is 342 g/mol. The van der Waals surface area contributed by atoms with Gasteiger partial charge in [-0.25, -0.2) is 4.79 Å². The van der Waals surface area contributed by atoms with Crippen LogP contribution in [0.2, 0.25) is 0 Å². The van der Waals surface area contributed by atoms with Crippen LogP contribution in [0.25, 0.3) is 6.08 Å². The summed E-state index contributed by atoms with van der Waals surface area (Å²) in [6.07, 6.45) is 1.56. The number of methoxy groups -OCH3 is 1. The summed E-state index contributed by atoms with van der Waals surface area (Å²) < 4.78 is 15.9. The highest BCUT2D eigenvalue weighted by atomic mass is 16.5. The zero-order valence-corrected chi connectivity index (χ0v) is 16.0. The van der Waals surface area contributed by atoms with Crippen LogP contribution in [-0.2, 0) is 16.1 Å². The molecule has 0 unspecified atom stereocenters. The molecular formula is C22H23NO4. The SMILES string of the molecule is CCOC(=O)C(C#N)=Cc1cc(COc2ccc(OC)cc2)c(C)cc1C. The summed E-state index contributed by atoms with van der Waals surface area (Å²) >= 11 is 0. The number of hydrogen-bond acceptors (Lipinski definition) is 5. The van der Waals surface area contributed by atoms with E-state index in [0.717, 1.165) is 33.8 Å². The highest BCUT2D eigenvalue weighted by molar-refractivity contribution is 5.98. The van der Waals surface area contributed by atoms with E-state index in [1.165, 1.54) is 0 Å². The standard InChI is InChI=1S/C22H23NO4/c1-5-26-22(24)18(13-23)11-17-12-19(16(3)10-15(17)2)14-27-21-8-6-20(25-4)7-9-21/h6-12H,5,14H2,1-4H3. The Hall–Kier alpha value is -3.26. The van der Waals surface area contributed by atoms with Crippen molar-refractivity contribution >= 4 is 12.0 Å². The molecule has 27 heavy (non-hydrogen) atoms. The zero-order chi connectivity index (χ0) is 19.8. The summed E-state index contributed by atoms with van der Waals surface area (Å²) in [5.41, 5.74) is 3.79. The lowest BCUT2D eigenvalue weighted by Gasteiger charge is -2.12. The van der Waals surface area contributed by atoms with E-state index in [1.807, 2.05) is 56.3 Å². The van der Waals surface area contributed by atoms with Crippen molar-refractivity contribution in [2.75, 3.05) is 13.7 Å². The number of nitrogens with zero attached hydrogens (tertiary/aromatic N) is 1. The molecule has 0 aliphatic rings. The first-order valence-corrected chi connectivity index (χ1v) is 8.64. The van der Waals surface area contributed by atoms with Crippen LogP contribution in [0.15, 0.2) is 42.0 Å². The van der Waals surface area contributed by atoms with Gasteiger partial charge < -0.3 is 14.2 Å². The third-order valence-electron chi connectivity index (χ3n) is 4.09. The lowest BCUT2D eigenvalue weighted by molar-refractivity contribution is -0.137. The van der Waals surface area contributed by atoms with E-state index in [4.69, 9.17) is 14.2 Å². The van der Waals surface area contributed by atoms with Crippen LogP contribution < -0.4 is 9.47 Å². The van der Waals surface area contributed by atoms with Crippen LogP contribution in [0.3, 0.4) is 0 Å². The maximum absolute atomic E-state index is 11.9. The van der Waals surface area contributed by atoms with Crippen LogP contribution in [0, 0.1) is 25.2 Å². The maximum atomic E-state index is 11.9. The van der Waals surface area contributed by atoms with Gasteiger partial charge in [0.1, 0.15) is 29.7 Å². The van der Waals surface area contributed by atoms with Crippen molar-refractivity contribution in [3.05, 3.63) is 64.2 Å². The Bertz CT molecular complexity index is 876. The summed E-state index contributed by atoms with van der Waals surface area (Å²) in [5.74, 6) is 0.886. The van der Waals surface area contributed by atoms with Gasteiger partial charge in [-0.3, -0.25) is 0 Å². The van der Waals surface area contributed by atoms with Gasteiger partial charge in [0.25, 0.3) is 0 Å². The first-order valence-electron chi connectivity index (χ1n) is 8.64. The fraction of sp³-hybridized carbons (Fsp3) is 0.273. The van der Waals surface area contributed by atoms with E-state index in [9.17, 15) is 10.1 Å². The van der Waals surface area contributed by atoms with E-state index in [0.29, 0.717) is 6.61 Å². The fourth-order valence-corrected chi connectivity index (χ4v) is 2.56. The van der Waals surface area contributed by atoms with E-state index < -0.39 is 5.97 Å². The number of benzene rings is 2. The first kappa shape index (κ1) is 20.1. The number of ether oxygens (including phenoxy) is 3. The van der Waals surface area contributed by atoms with Gasteiger partial charge in [-0.05, 0) is 79.4 Å². The Morgan fingerprint density at radius 3 is 2.37 bits per heavy atom. The van der Waals surface area contributed by atoms with Crippen LogP contribution in [0.1, 0.15) is 29.2 Å². The highest BCUT2D eigenvalue weighted by Gasteiger charge is 2.12. The van der Waals surface area contributed by atoms with E-state index >= 15 is 0 Å². The molecule has 0 atom stereocenters. The Balaban J connectivity index is 2.24. The van der Waals surface area contributed by atoms with Crippen LogP contribution in [-0.4, -0.2) is 19.7 Å². The molecule has 0 amide bonds. The highest BCUT2D eigenvalue weighted by Crippen LogP contribution is 2.22. The minimum absolute atomic E-state index is 0.0224.